The number of hydrogen-bond donors (Lipinski definition) is 2. The van der Waals surface area contributed by atoms with Gasteiger partial charge in [-0.1, -0.05) is 34.8 Å². The lowest BCUT2D eigenvalue weighted by molar-refractivity contribution is 0.189. The van der Waals surface area contributed by atoms with E-state index >= 15 is 0 Å². The van der Waals surface area contributed by atoms with Crippen LogP contribution in [0.1, 0.15) is 6.42 Å². The number of nitrogens with one attached hydrogen (secondary N) is 2. The molecule has 1 aromatic rings. The summed E-state index contributed by atoms with van der Waals surface area (Å²) in [6.45, 7) is 1.18. The van der Waals surface area contributed by atoms with Crippen molar-refractivity contribution in [2.45, 2.75) is 12.5 Å². The van der Waals surface area contributed by atoms with Crippen LogP contribution < -0.4 is 10.6 Å². The van der Waals surface area contributed by atoms with Crippen molar-refractivity contribution in [1.82, 2.24) is 5.32 Å². The van der Waals surface area contributed by atoms with Crippen LogP contribution in [0.15, 0.2) is 12.1 Å². The van der Waals surface area contributed by atoms with Gasteiger partial charge in [0.25, 0.3) is 0 Å². The Morgan fingerprint density at radius 1 is 1.28 bits per heavy atom. The zero-order chi connectivity index (χ0) is 13.1. The van der Waals surface area contributed by atoms with Crippen LogP contribution in [-0.4, -0.2) is 25.3 Å². The molecule has 1 aromatic carbocycles. The number of ether oxygens (including phenoxy) is 1. The number of anilines is 1. The Hall–Kier alpha value is -0.680. The zero-order valence-electron chi connectivity index (χ0n) is 9.30. The van der Waals surface area contributed by atoms with E-state index in [4.69, 9.17) is 39.5 Å². The number of hydrogen-bond acceptors (Lipinski definition) is 2. The molecule has 1 unspecified atom stereocenters. The third-order valence-corrected chi connectivity index (χ3v) is 3.32. The van der Waals surface area contributed by atoms with Crippen LogP contribution in [0.5, 0.6) is 0 Å². The topological polar surface area (TPSA) is 50.4 Å². The molecule has 7 heteroatoms. The van der Waals surface area contributed by atoms with Crippen LogP contribution >= 0.6 is 34.8 Å². The second kappa shape index (κ2) is 5.97. The smallest absolute Gasteiger partial charge is 0.319 e. The molecule has 0 saturated carbocycles. The van der Waals surface area contributed by atoms with Gasteiger partial charge in [0, 0.05) is 11.6 Å². The predicted octanol–water partition coefficient (Wildman–Crippen LogP) is 3.56. The van der Waals surface area contributed by atoms with Crippen molar-refractivity contribution in [2.24, 2.45) is 0 Å². The maximum absolute atomic E-state index is 11.7. The average Bonchev–Trinajstić information content (AvgIpc) is 2.76. The molecule has 1 heterocycles. The first kappa shape index (κ1) is 13.7. The highest BCUT2D eigenvalue weighted by Gasteiger charge is 2.19. The molecule has 1 fully saturated rings. The van der Waals surface area contributed by atoms with E-state index in [1.165, 1.54) is 12.1 Å². The van der Waals surface area contributed by atoms with Gasteiger partial charge in [-0.2, -0.15) is 0 Å². The first-order chi connectivity index (χ1) is 8.56. The van der Waals surface area contributed by atoms with Crippen LogP contribution in [-0.2, 0) is 4.74 Å². The fourth-order valence-electron chi connectivity index (χ4n) is 1.64. The summed E-state index contributed by atoms with van der Waals surface area (Å²) in [5.74, 6) is 0. The van der Waals surface area contributed by atoms with Gasteiger partial charge in [0.2, 0.25) is 0 Å². The van der Waals surface area contributed by atoms with Crippen LogP contribution in [0, 0.1) is 0 Å². The highest BCUT2D eigenvalue weighted by molar-refractivity contribution is 6.42. The van der Waals surface area contributed by atoms with Crippen molar-refractivity contribution in [2.75, 3.05) is 18.5 Å². The van der Waals surface area contributed by atoms with E-state index in [0.29, 0.717) is 34.0 Å². The minimum atomic E-state index is -0.364. The molecule has 0 radical (unpaired) electrons. The minimum Gasteiger partial charge on any atom is -0.379 e. The summed E-state index contributed by atoms with van der Waals surface area (Å²) < 4.78 is 5.16. The van der Waals surface area contributed by atoms with Crippen molar-refractivity contribution in [1.29, 1.82) is 0 Å². The lowest BCUT2D eigenvalue weighted by atomic mass is 10.3. The lowest BCUT2D eigenvalue weighted by Gasteiger charge is -2.14. The van der Waals surface area contributed by atoms with Crippen LogP contribution in [0.2, 0.25) is 15.1 Å². The molecule has 1 atom stereocenters. The molecule has 1 aliphatic rings. The Bertz CT molecular complexity index is 439. The van der Waals surface area contributed by atoms with Gasteiger partial charge in [-0.25, -0.2) is 4.79 Å². The third kappa shape index (κ3) is 3.42. The number of halogens is 3. The van der Waals surface area contributed by atoms with Gasteiger partial charge in [0.15, 0.2) is 0 Å². The molecule has 0 aliphatic carbocycles. The zero-order valence-corrected chi connectivity index (χ0v) is 11.6. The van der Waals surface area contributed by atoms with Crippen molar-refractivity contribution >= 4 is 46.5 Å². The average molecular weight is 310 g/mol. The quantitative estimate of drug-likeness (QED) is 0.877. The fourth-order valence-corrected chi connectivity index (χ4v) is 2.56. The van der Waals surface area contributed by atoms with E-state index in [9.17, 15) is 4.79 Å². The molecule has 2 rings (SSSR count). The fraction of sp³-hybridized carbons (Fsp3) is 0.364. The van der Waals surface area contributed by atoms with Gasteiger partial charge in [-0.3, -0.25) is 0 Å². The summed E-state index contributed by atoms with van der Waals surface area (Å²) in [4.78, 5) is 11.7. The second-order valence-electron chi connectivity index (χ2n) is 3.90. The van der Waals surface area contributed by atoms with Crippen LogP contribution in [0.4, 0.5) is 10.5 Å². The maximum atomic E-state index is 11.7. The molecule has 98 valence electrons. The molecule has 2 N–H and O–H groups in total. The largest absolute Gasteiger partial charge is 0.379 e. The first-order valence-corrected chi connectivity index (χ1v) is 6.49. The highest BCUT2D eigenvalue weighted by Crippen LogP contribution is 2.33. The molecule has 1 saturated heterocycles. The Labute approximate surface area is 120 Å². The molecule has 4 nitrogen and oxygen atoms in total. The molecule has 18 heavy (non-hydrogen) atoms. The van der Waals surface area contributed by atoms with E-state index in [1.807, 2.05) is 0 Å². The van der Waals surface area contributed by atoms with Crippen molar-refractivity contribution in [3.63, 3.8) is 0 Å². The van der Waals surface area contributed by atoms with Gasteiger partial charge < -0.3 is 15.4 Å². The van der Waals surface area contributed by atoms with Gasteiger partial charge in [0.05, 0.1) is 28.4 Å². The van der Waals surface area contributed by atoms with Crippen molar-refractivity contribution < 1.29 is 9.53 Å². The van der Waals surface area contributed by atoms with Gasteiger partial charge in [0.1, 0.15) is 0 Å². The van der Waals surface area contributed by atoms with E-state index in [2.05, 4.69) is 10.6 Å². The van der Waals surface area contributed by atoms with Gasteiger partial charge in [-0.15, -0.1) is 0 Å². The highest BCUT2D eigenvalue weighted by atomic mass is 35.5. The molecule has 0 bridgehead atoms. The van der Waals surface area contributed by atoms with Crippen LogP contribution in [0.25, 0.3) is 0 Å². The molecular weight excluding hydrogens is 298 g/mol. The van der Waals surface area contributed by atoms with E-state index < -0.39 is 0 Å². The number of amides is 2. The van der Waals surface area contributed by atoms with Crippen molar-refractivity contribution in [3.8, 4) is 0 Å². The normalized spacial score (nSPS) is 18.7. The molecule has 0 spiro atoms. The number of urea groups is 1. The Morgan fingerprint density at radius 2 is 1.94 bits per heavy atom. The monoisotopic (exact) mass is 308 g/mol. The molecule has 2 amide bonds. The summed E-state index contributed by atoms with van der Waals surface area (Å²) in [6.07, 6.45) is 0.801. The van der Waals surface area contributed by atoms with Gasteiger partial charge in [-0.05, 0) is 18.6 Å². The van der Waals surface area contributed by atoms with Crippen LogP contribution in [0.3, 0.4) is 0 Å². The SMILES string of the molecule is O=C(Nc1c(Cl)cc(Cl)cc1Cl)NC1CCOC1. The number of carbonyl (C=O) groups is 1. The summed E-state index contributed by atoms with van der Waals surface area (Å²) >= 11 is 17.7. The lowest BCUT2D eigenvalue weighted by Crippen LogP contribution is -2.38. The predicted molar refractivity (Wildman–Crippen MR) is 72.9 cm³/mol. The standard InChI is InChI=1S/C11H11Cl3N2O2/c12-6-3-8(13)10(9(14)4-6)16-11(17)15-7-1-2-18-5-7/h3-4,7H,1-2,5H2,(H2,15,16,17). The third-order valence-electron chi connectivity index (χ3n) is 2.51. The van der Waals surface area contributed by atoms with E-state index in [-0.39, 0.29) is 12.1 Å². The molecule has 0 aromatic heterocycles. The Balaban J connectivity index is 2.02. The summed E-state index contributed by atoms with van der Waals surface area (Å²) in [7, 11) is 0. The summed E-state index contributed by atoms with van der Waals surface area (Å²) in [5, 5.41) is 6.39. The number of carbonyl (C=O) groups excluding carboxylic acids is 1. The minimum absolute atomic E-state index is 0.0230. The Kier molecular flexibility index (Phi) is 4.56. The molecular formula is C11H11Cl3N2O2. The molecule has 1 aliphatic heterocycles. The summed E-state index contributed by atoms with van der Waals surface area (Å²) in [5.41, 5.74) is 0.346. The number of benzene rings is 1. The number of rotatable bonds is 2. The van der Waals surface area contributed by atoms with E-state index in [1.54, 1.807) is 0 Å². The van der Waals surface area contributed by atoms with E-state index in [0.717, 1.165) is 6.42 Å². The second-order valence-corrected chi connectivity index (χ2v) is 5.15. The summed E-state index contributed by atoms with van der Waals surface area (Å²) in [6, 6.07) is 2.69. The van der Waals surface area contributed by atoms with Gasteiger partial charge >= 0.3 is 6.03 Å². The first-order valence-electron chi connectivity index (χ1n) is 5.36. The maximum Gasteiger partial charge on any atom is 0.319 e. The van der Waals surface area contributed by atoms with Crippen molar-refractivity contribution in [3.05, 3.63) is 27.2 Å². The Morgan fingerprint density at radius 3 is 2.50 bits per heavy atom.